The van der Waals surface area contributed by atoms with E-state index in [0.29, 0.717) is 5.92 Å². The summed E-state index contributed by atoms with van der Waals surface area (Å²) in [6.07, 6.45) is 2.06. The third-order valence-corrected chi connectivity index (χ3v) is 2.93. The Balaban J connectivity index is 2.97. The molecule has 0 saturated heterocycles. The summed E-state index contributed by atoms with van der Waals surface area (Å²) >= 11 is 0. The first-order valence-electron chi connectivity index (χ1n) is 5.48. The molecule has 0 aliphatic carbocycles. The second-order valence-electron chi connectivity index (χ2n) is 3.85. The zero-order valence-electron chi connectivity index (χ0n) is 9.40. The second kappa shape index (κ2) is 5.41. The minimum absolute atomic E-state index is 0.0245. The number of nitrogens with zero attached hydrogens (tertiary/aromatic N) is 1. The Morgan fingerprint density at radius 1 is 1.33 bits per heavy atom. The highest BCUT2D eigenvalue weighted by Crippen LogP contribution is 2.29. The van der Waals surface area contributed by atoms with Crippen LogP contribution in [0.1, 0.15) is 38.2 Å². The van der Waals surface area contributed by atoms with Gasteiger partial charge in [-0.15, -0.1) is 0 Å². The average molecular weight is 202 g/mol. The third-order valence-electron chi connectivity index (χ3n) is 2.93. The predicted octanol–water partition coefficient (Wildman–Crippen LogP) is 3.31. The number of nitriles is 1. The summed E-state index contributed by atoms with van der Waals surface area (Å²) in [5, 5.41) is 9.21. The number of anilines is 1. The number of hydrogen-bond acceptors (Lipinski definition) is 2. The van der Waals surface area contributed by atoms with Crippen LogP contribution in [0.25, 0.3) is 0 Å². The predicted molar refractivity (Wildman–Crippen MR) is 63.3 cm³/mol. The van der Waals surface area contributed by atoms with Crippen molar-refractivity contribution in [2.24, 2.45) is 5.92 Å². The van der Waals surface area contributed by atoms with Gasteiger partial charge in [0, 0.05) is 5.69 Å². The van der Waals surface area contributed by atoms with Crippen molar-refractivity contribution in [2.45, 2.75) is 32.6 Å². The summed E-state index contributed by atoms with van der Waals surface area (Å²) in [4.78, 5) is 0. The maximum Gasteiger partial charge on any atom is 0.0741 e. The van der Waals surface area contributed by atoms with Crippen molar-refractivity contribution in [2.75, 3.05) is 5.73 Å². The molecule has 0 aliphatic rings. The molecule has 1 unspecified atom stereocenters. The summed E-state index contributed by atoms with van der Waals surface area (Å²) in [6, 6.07) is 10.1. The molecule has 0 saturated carbocycles. The van der Waals surface area contributed by atoms with Gasteiger partial charge in [0.05, 0.1) is 12.0 Å². The van der Waals surface area contributed by atoms with Crippen LogP contribution in [-0.2, 0) is 0 Å². The van der Waals surface area contributed by atoms with Gasteiger partial charge in [0.1, 0.15) is 0 Å². The van der Waals surface area contributed by atoms with Crippen molar-refractivity contribution >= 4 is 5.69 Å². The lowest BCUT2D eigenvalue weighted by Crippen LogP contribution is -2.10. The highest BCUT2D eigenvalue weighted by molar-refractivity contribution is 5.43. The van der Waals surface area contributed by atoms with E-state index < -0.39 is 0 Å². The number of rotatable bonds is 4. The van der Waals surface area contributed by atoms with Crippen LogP contribution in [0.3, 0.4) is 0 Å². The van der Waals surface area contributed by atoms with Crippen LogP contribution in [0.4, 0.5) is 5.69 Å². The lowest BCUT2D eigenvalue weighted by Gasteiger charge is -2.19. The number of hydrogen-bond donors (Lipinski definition) is 1. The molecule has 2 heteroatoms. The molecule has 15 heavy (non-hydrogen) atoms. The molecule has 0 bridgehead atoms. The highest BCUT2D eigenvalue weighted by atomic mass is 14.5. The zero-order chi connectivity index (χ0) is 11.3. The van der Waals surface area contributed by atoms with Crippen LogP contribution in [0, 0.1) is 17.2 Å². The fraction of sp³-hybridized carbons (Fsp3) is 0.462. The van der Waals surface area contributed by atoms with E-state index in [2.05, 4.69) is 19.9 Å². The van der Waals surface area contributed by atoms with Gasteiger partial charge >= 0.3 is 0 Å². The van der Waals surface area contributed by atoms with Gasteiger partial charge in [-0.2, -0.15) is 5.26 Å². The van der Waals surface area contributed by atoms with Crippen LogP contribution in [0.5, 0.6) is 0 Å². The largest absolute Gasteiger partial charge is 0.399 e. The standard InChI is InChI=1S/C13H18N2/c1-3-10(4-2)13(9-14)11-6-5-7-12(15)8-11/h5-8,10,13H,3-4,15H2,1-2H3. The van der Waals surface area contributed by atoms with Gasteiger partial charge in [-0.05, 0) is 23.6 Å². The fourth-order valence-electron chi connectivity index (χ4n) is 1.96. The molecule has 2 N–H and O–H groups in total. The first-order valence-corrected chi connectivity index (χ1v) is 5.48. The van der Waals surface area contributed by atoms with Crippen LogP contribution in [0.2, 0.25) is 0 Å². The van der Waals surface area contributed by atoms with E-state index in [0.717, 1.165) is 24.1 Å². The van der Waals surface area contributed by atoms with E-state index in [1.54, 1.807) is 0 Å². The lowest BCUT2D eigenvalue weighted by atomic mass is 9.83. The molecule has 0 heterocycles. The van der Waals surface area contributed by atoms with Crippen molar-refractivity contribution in [1.29, 1.82) is 5.26 Å². The lowest BCUT2D eigenvalue weighted by molar-refractivity contribution is 0.453. The molecule has 0 spiro atoms. The van der Waals surface area contributed by atoms with Crippen molar-refractivity contribution in [3.63, 3.8) is 0 Å². The molecule has 0 fully saturated rings. The molecule has 1 rings (SSSR count). The van der Waals surface area contributed by atoms with Crippen LogP contribution in [0.15, 0.2) is 24.3 Å². The Morgan fingerprint density at radius 3 is 2.47 bits per heavy atom. The van der Waals surface area contributed by atoms with Crippen LogP contribution < -0.4 is 5.73 Å². The van der Waals surface area contributed by atoms with Gasteiger partial charge in [0.15, 0.2) is 0 Å². The zero-order valence-corrected chi connectivity index (χ0v) is 9.40. The van der Waals surface area contributed by atoms with E-state index in [1.165, 1.54) is 0 Å². The maximum absolute atomic E-state index is 9.21. The fourth-order valence-corrected chi connectivity index (χ4v) is 1.96. The van der Waals surface area contributed by atoms with E-state index in [1.807, 2.05) is 24.3 Å². The SMILES string of the molecule is CCC(CC)C(C#N)c1cccc(N)c1. The molecule has 0 amide bonds. The summed E-state index contributed by atoms with van der Waals surface area (Å²) in [7, 11) is 0. The molecule has 1 aromatic carbocycles. The summed E-state index contributed by atoms with van der Waals surface area (Å²) < 4.78 is 0. The summed E-state index contributed by atoms with van der Waals surface area (Å²) in [5.41, 5.74) is 7.51. The van der Waals surface area contributed by atoms with Gasteiger partial charge in [-0.1, -0.05) is 38.8 Å². The monoisotopic (exact) mass is 202 g/mol. The van der Waals surface area contributed by atoms with E-state index in [-0.39, 0.29) is 5.92 Å². The average Bonchev–Trinajstić information content (AvgIpc) is 2.25. The van der Waals surface area contributed by atoms with Crippen molar-refractivity contribution in [3.05, 3.63) is 29.8 Å². The van der Waals surface area contributed by atoms with Gasteiger partial charge in [0.2, 0.25) is 0 Å². The Kier molecular flexibility index (Phi) is 4.17. The van der Waals surface area contributed by atoms with Gasteiger partial charge in [0.25, 0.3) is 0 Å². The molecule has 1 atom stereocenters. The number of nitrogens with two attached hydrogens (primary N) is 1. The van der Waals surface area contributed by atoms with Crippen LogP contribution in [-0.4, -0.2) is 0 Å². The highest BCUT2D eigenvalue weighted by Gasteiger charge is 2.19. The van der Waals surface area contributed by atoms with Crippen molar-refractivity contribution in [1.82, 2.24) is 0 Å². The molecule has 1 aromatic rings. The topological polar surface area (TPSA) is 49.8 Å². The molecule has 0 aliphatic heterocycles. The Morgan fingerprint density at radius 2 is 2.00 bits per heavy atom. The van der Waals surface area contributed by atoms with E-state index in [4.69, 9.17) is 5.73 Å². The van der Waals surface area contributed by atoms with Crippen molar-refractivity contribution in [3.8, 4) is 6.07 Å². The first-order chi connectivity index (χ1) is 7.22. The van der Waals surface area contributed by atoms with Crippen molar-refractivity contribution < 1.29 is 0 Å². The molecule has 0 aromatic heterocycles. The minimum atomic E-state index is -0.0245. The Hall–Kier alpha value is -1.49. The smallest absolute Gasteiger partial charge is 0.0741 e. The molecule has 2 nitrogen and oxygen atoms in total. The number of benzene rings is 1. The number of nitrogen functional groups attached to an aromatic ring is 1. The third kappa shape index (κ3) is 2.73. The normalized spacial score (nSPS) is 12.4. The Bertz CT molecular complexity index is 348. The molecule has 80 valence electrons. The maximum atomic E-state index is 9.21. The first kappa shape index (κ1) is 11.6. The summed E-state index contributed by atoms with van der Waals surface area (Å²) in [6.45, 7) is 4.26. The van der Waals surface area contributed by atoms with Gasteiger partial charge in [-0.25, -0.2) is 0 Å². The van der Waals surface area contributed by atoms with Crippen LogP contribution >= 0.6 is 0 Å². The molecular formula is C13H18N2. The van der Waals surface area contributed by atoms with E-state index >= 15 is 0 Å². The van der Waals surface area contributed by atoms with E-state index in [9.17, 15) is 5.26 Å². The van der Waals surface area contributed by atoms with Gasteiger partial charge in [-0.3, -0.25) is 0 Å². The molecule has 0 radical (unpaired) electrons. The second-order valence-corrected chi connectivity index (χ2v) is 3.85. The summed E-state index contributed by atoms with van der Waals surface area (Å²) in [5.74, 6) is 0.403. The minimum Gasteiger partial charge on any atom is -0.399 e. The molecular weight excluding hydrogens is 184 g/mol. The quantitative estimate of drug-likeness (QED) is 0.761. The van der Waals surface area contributed by atoms with Gasteiger partial charge < -0.3 is 5.73 Å². The Labute approximate surface area is 91.7 Å².